The molecule has 4 aromatic carbocycles. The van der Waals surface area contributed by atoms with E-state index in [1.54, 1.807) is 6.07 Å². The van der Waals surface area contributed by atoms with Crippen LogP contribution in [0.15, 0.2) is 97.1 Å². The molecule has 3 heteroatoms. The standard InChI is InChI=1S/C30H28O3/c1-20(23-11-7-4-8-12-23)24-13-15-25(16-14-24)21(2)26-18-27(17-22-9-5-3-6-10-22)29(31)28(19-26)30(32)33/h3-16,18-21,31H,17H2,1-2H3,(H,32,33). The molecule has 0 aromatic heterocycles. The third-order valence-corrected chi connectivity index (χ3v) is 6.42. The molecule has 0 fully saturated rings. The second-order valence-electron chi connectivity index (χ2n) is 8.56. The molecule has 3 nitrogen and oxygen atoms in total. The van der Waals surface area contributed by atoms with E-state index in [0.29, 0.717) is 17.9 Å². The summed E-state index contributed by atoms with van der Waals surface area (Å²) in [5, 5.41) is 20.3. The number of benzene rings is 4. The number of carboxylic acids is 1. The molecule has 0 saturated carbocycles. The number of carboxylic acid groups (broad SMARTS) is 1. The van der Waals surface area contributed by atoms with Crippen molar-refractivity contribution in [1.29, 1.82) is 0 Å². The van der Waals surface area contributed by atoms with Crippen molar-refractivity contribution in [1.82, 2.24) is 0 Å². The first kappa shape index (κ1) is 22.3. The van der Waals surface area contributed by atoms with Gasteiger partial charge in [0.2, 0.25) is 0 Å². The van der Waals surface area contributed by atoms with Crippen LogP contribution in [0.4, 0.5) is 0 Å². The second kappa shape index (κ2) is 9.74. The van der Waals surface area contributed by atoms with E-state index in [9.17, 15) is 15.0 Å². The van der Waals surface area contributed by atoms with Gasteiger partial charge in [-0.2, -0.15) is 0 Å². The topological polar surface area (TPSA) is 57.5 Å². The molecule has 0 saturated heterocycles. The molecule has 0 radical (unpaired) electrons. The van der Waals surface area contributed by atoms with Crippen LogP contribution in [0.5, 0.6) is 5.75 Å². The van der Waals surface area contributed by atoms with E-state index in [0.717, 1.165) is 16.7 Å². The van der Waals surface area contributed by atoms with E-state index in [1.165, 1.54) is 11.1 Å². The second-order valence-corrected chi connectivity index (χ2v) is 8.56. The summed E-state index contributed by atoms with van der Waals surface area (Å²) >= 11 is 0. The first-order chi connectivity index (χ1) is 15.9. The summed E-state index contributed by atoms with van der Waals surface area (Å²) in [5.41, 5.74) is 6.07. The molecule has 4 rings (SSSR count). The van der Waals surface area contributed by atoms with Crippen LogP contribution in [0.1, 0.15) is 69.4 Å². The van der Waals surface area contributed by atoms with Gasteiger partial charge in [-0.1, -0.05) is 105 Å². The number of aromatic carboxylic acids is 1. The fraction of sp³-hybridized carbons (Fsp3) is 0.167. The predicted molar refractivity (Wildman–Crippen MR) is 132 cm³/mol. The number of hydrogen-bond donors (Lipinski definition) is 2. The third kappa shape index (κ3) is 4.98. The highest BCUT2D eigenvalue weighted by atomic mass is 16.4. The van der Waals surface area contributed by atoms with Gasteiger partial charge in [0, 0.05) is 18.3 Å². The van der Waals surface area contributed by atoms with Crippen molar-refractivity contribution in [2.75, 3.05) is 0 Å². The molecule has 0 amide bonds. The number of carbonyl (C=O) groups is 1. The molecule has 0 bridgehead atoms. The lowest BCUT2D eigenvalue weighted by atomic mass is 9.87. The molecule has 0 aliphatic heterocycles. The van der Waals surface area contributed by atoms with Crippen LogP contribution in [-0.4, -0.2) is 16.2 Å². The molecular weight excluding hydrogens is 408 g/mol. The predicted octanol–water partition coefficient (Wildman–Crippen LogP) is 6.98. The molecule has 4 aromatic rings. The number of aromatic hydroxyl groups is 1. The number of phenols is 1. The van der Waals surface area contributed by atoms with Gasteiger partial charge in [-0.25, -0.2) is 4.79 Å². The number of hydrogen-bond acceptors (Lipinski definition) is 2. The lowest BCUT2D eigenvalue weighted by Crippen LogP contribution is -2.05. The summed E-state index contributed by atoms with van der Waals surface area (Å²) in [6.45, 7) is 4.27. The van der Waals surface area contributed by atoms with E-state index in [4.69, 9.17) is 0 Å². The first-order valence-electron chi connectivity index (χ1n) is 11.2. The Hall–Kier alpha value is -3.85. The van der Waals surface area contributed by atoms with Crippen LogP contribution in [0.2, 0.25) is 0 Å². The SMILES string of the molecule is CC(c1ccccc1)c1ccc(C(C)c2cc(Cc3ccccc3)c(O)c(C(=O)O)c2)cc1. The van der Waals surface area contributed by atoms with E-state index >= 15 is 0 Å². The van der Waals surface area contributed by atoms with Crippen molar-refractivity contribution < 1.29 is 15.0 Å². The van der Waals surface area contributed by atoms with Crippen molar-refractivity contribution in [2.24, 2.45) is 0 Å². The van der Waals surface area contributed by atoms with Gasteiger partial charge in [-0.15, -0.1) is 0 Å². The quantitative estimate of drug-likeness (QED) is 0.328. The van der Waals surface area contributed by atoms with Crippen molar-refractivity contribution in [3.63, 3.8) is 0 Å². The summed E-state index contributed by atoms with van der Waals surface area (Å²) in [6.07, 6.45) is 0.473. The molecule has 0 aliphatic rings. The zero-order valence-electron chi connectivity index (χ0n) is 18.9. The fourth-order valence-corrected chi connectivity index (χ4v) is 4.28. The van der Waals surface area contributed by atoms with E-state index < -0.39 is 5.97 Å². The highest BCUT2D eigenvalue weighted by Gasteiger charge is 2.19. The summed E-state index contributed by atoms with van der Waals surface area (Å²) in [6, 6.07) is 32.2. The zero-order chi connectivity index (χ0) is 23.4. The Kier molecular flexibility index (Phi) is 6.60. The lowest BCUT2D eigenvalue weighted by Gasteiger charge is -2.18. The minimum absolute atomic E-state index is 0.0145. The van der Waals surface area contributed by atoms with Gasteiger partial charge in [0.15, 0.2) is 0 Å². The smallest absolute Gasteiger partial charge is 0.339 e. The largest absolute Gasteiger partial charge is 0.507 e. The fourth-order valence-electron chi connectivity index (χ4n) is 4.28. The van der Waals surface area contributed by atoms with E-state index in [2.05, 4.69) is 62.4 Å². The van der Waals surface area contributed by atoms with Crippen LogP contribution >= 0.6 is 0 Å². The zero-order valence-corrected chi connectivity index (χ0v) is 18.9. The normalized spacial score (nSPS) is 12.8. The molecule has 2 N–H and O–H groups in total. The van der Waals surface area contributed by atoms with Gasteiger partial charge in [-0.3, -0.25) is 0 Å². The lowest BCUT2D eigenvalue weighted by molar-refractivity contribution is 0.0693. The molecular formula is C30H28O3. The Labute approximate surface area is 195 Å². The molecule has 2 atom stereocenters. The Morgan fingerprint density at radius 2 is 1.18 bits per heavy atom. The van der Waals surface area contributed by atoms with Crippen molar-refractivity contribution >= 4 is 5.97 Å². The Morgan fingerprint density at radius 3 is 1.73 bits per heavy atom. The monoisotopic (exact) mass is 436 g/mol. The average molecular weight is 437 g/mol. The van der Waals surface area contributed by atoms with Crippen LogP contribution < -0.4 is 0 Å². The summed E-state index contributed by atoms with van der Waals surface area (Å²) in [7, 11) is 0. The van der Waals surface area contributed by atoms with E-state index in [1.807, 2.05) is 42.5 Å². The maximum absolute atomic E-state index is 11.8. The molecule has 166 valence electrons. The Balaban J connectivity index is 1.64. The molecule has 33 heavy (non-hydrogen) atoms. The van der Waals surface area contributed by atoms with Gasteiger partial charge in [0.05, 0.1) is 0 Å². The van der Waals surface area contributed by atoms with Crippen LogP contribution in [0.3, 0.4) is 0 Å². The Morgan fingerprint density at radius 1 is 0.697 bits per heavy atom. The molecule has 0 heterocycles. The first-order valence-corrected chi connectivity index (χ1v) is 11.2. The van der Waals surface area contributed by atoms with Gasteiger partial charge < -0.3 is 10.2 Å². The third-order valence-electron chi connectivity index (χ3n) is 6.42. The van der Waals surface area contributed by atoms with Crippen molar-refractivity contribution in [2.45, 2.75) is 32.1 Å². The average Bonchev–Trinajstić information content (AvgIpc) is 2.85. The van der Waals surface area contributed by atoms with Gasteiger partial charge >= 0.3 is 5.97 Å². The van der Waals surface area contributed by atoms with Gasteiger partial charge in [0.1, 0.15) is 11.3 Å². The summed E-state index contributed by atoms with van der Waals surface area (Å²) in [5.74, 6) is -1.00. The summed E-state index contributed by atoms with van der Waals surface area (Å²) < 4.78 is 0. The Bertz CT molecular complexity index is 1230. The van der Waals surface area contributed by atoms with Crippen molar-refractivity contribution in [3.8, 4) is 5.75 Å². The highest BCUT2D eigenvalue weighted by Crippen LogP contribution is 2.34. The minimum Gasteiger partial charge on any atom is -0.507 e. The maximum Gasteiger partial charge on any atom is 0.339 e. The maximum atomic E-state index is 11.8. The van der Waals surface area contributed by atoms with Gasteiger partial charge in [0.25, 0.3) is 0 Å². The number of rotatable bonds is 7. The molecule has 0 aliphatic carbocycles. The molecule has 2 unspecified atom stereocenters. The molecule has 0 spiro atoms. The summed E-state index contributed by atoms with van der Waals surface area (Å²) in [4.78, 5) is 11.8. The van der Waals surface area contributed by atoms with Crippen LogP contribution in [-0.2, 0) is 6.42 Å². The highest BCUT2D eigenvalue weighted by molar-refractivity contribution is 5.91. The van der Waals surface area contributed by atoms with Gasteiger partial charge in [-0.05, 0) is 39.4 Å². The van der Waals surface area contributed by atoms with Crippen molar-refractivity contribution in [3.05, 3.63) is 136 Å². The van der Waals surface area contributed by atoms with Crippen LogP contribution in [0.25, 0.3) is 0 Å². The van der Waals surface area contributed by atoms with Crippen LogP contribution in [0, 0.1) is 0 Å². The van der Waals surface area contributed by atoms with E-state index in [-0.39, 0.29) is 17.2 Å². The minimum atomic E-state index is -1.12.